The Kier molecular flexibility index (Phi) is 8.47. The standard InChI is InChI=1S/C27H31N3O6/c1-27(2,3)36-25(34)22-14-13-21(19-9-5-4-6-10-19)30(22)23(31)17-28-26(35)29-20-11-7-8-18(16-20)12-15-24(32)33/h4-12,15-16,21-22H,13-14,17H2,1-3H3,(H,32,33)(H2,28,29,35). The van der Waals surface area contributed by atoms with Crippen LogP contribution in [0, 0.1) is 0 Å². The lowest BCUT2D eigenvalue weighted by Gasteiger charge is -2.31. The molecule has 2 unspecified atom stereocenters. The SMILES string of the molecule is CC(C)(C)OC(=O)C1CCC(c2ccccc2)N1C(=O)CNC(=O)Nc1cccc(C=CC(=O)O)c1. The van der Waals surface area contributed by atoms with Crippen LogP contribution in [0.4, 0.5) is 10.5 Å². The van der Waals surface area contributed by atoms with Crippen molar-refractivity contribution in [2.75, 3.05) is 11.9 Å². The summed E-state index contributed by atoms with van der Waals surface area (Å²) >= 11 is 0. The normalized spacial score (nSPS) is 17.6. The van der Waals surface area contributed by atoms with Crippen molar-refractivity contribution < 1.29 is 29.0 Å². The van der Waals surface area contributed by atoms with Gasteiger partial charge in [0, 0.05) is 11.8 Å². The number of benzene rings is 2. The van der Waals surface area contributed by atoms with Crippen molar-refractivity contribution in [2.24, 2.45) is 0 Å². The Labute approximate surface area is 210 Å². The number of urea groups is 1. The zero-order chi connectivity index (χ0) is 26.3. The summed E-state index contributed by atoms with van der Waals surface area (Å²) in [5.74, 6) is -1.94. The van der Waals surface area contributed by atoms with Crippen molar-refractivity contribution in [3.05, 3.63) is 71.8 Å². The number of carboxylic acids is 1. The Hall–Kier alpha value is -4.14. The molecule has 1 saturated heterocycles. The highest BCUT2D eigenvalue weighted by Crippen LogP contribution is 2.37. The molecule has 1 aliphatic rings. The van der Waals surface area contributed by atoms with Gasteiger partial charge in [-0.2, -0.15) is 0 Å². The van der Waals surface area contributed by atoms with Crippen LogP contribution in [0.25, 0.3) is 6.08 Å². The predicted molar refractivity (Wildman–Crippen MR) is 135 cm³/mol. The number of aliphatic carboxylic acids is 1. The maximum absolute atomic E-state index is 13.3. The molecule has 0 spiro atoms. The van der Waals surface area contributed by atoms with E-state index in [1.165, 1.54) is 11.0 Å². The maximum Gasteiger partial charge on any atom is 0.329 e. The smallest absolute Gasteiger partial charge is 0.329 e. The fourth-order valence-electron chi connectivity index (χ4n) is 4.07. The summed E-state index contributed by atoms with van der Waals surface area (Å²) in [6.45, 7) is 5.02. The topological polar surface area (TPSA) is 125 Å². The van der Waals surface area contributed by atoms with E-state index >= 15 is 0 Å². The van der Waals surface area contributed by atoms with Crippen molar-refractivity contribution in [1.29, 1.82) is 0 Å². The third-order valence-electron chi connectivity index (χ3n) is 5.50. The van der Waals surface area contributed by atoms with E-state index in [-0.39, 0.29) is 12.6 Å². The van der Waals surface area contributed by atoms with Crippen LogP contribution in [0.3, 0.4) is 0 Å². The van der Waals surface area contributed by atoms with Crippen LogP contribution in [-0.4, -0.2) is 52.1 Å². The maximum atomic E-state index is 13.3. The van der Waals surface area contributed by atoms with Gasteiger partial charge < -0.3 is 25.4 Å². The zero-order valence-corrected chi connectivity index (χ0v) is 20.6. The van der Waals surface area contributed by atoms with Gasteiger partial charge in [-0.1, -0.05) is 42.5 Å². The number of ether oxygens (including phenoxy) is 1. The molecule has 0 aliphatic carbocycles. The third-order valence-corrected chi connectivity index (χ3v) is 5.50. The number of amides is 3. The van der Waals surface area contributed by atoms with Crippen LogP contribution in [0.2, 0.25) is 0 Å². The van der Waals surface area contributed by atoms with Gasteiger partial charge in [-0.15, -0.1) is 0 Å². The van der Waals surface area contributed by atoms with Crippen LogP contribution in [0.1, 0.15) is 50.8 Å². The number of carboxylic acid groups (broad SMARTS) is 1. The first kappa shape index (κ1) is 26.5. The summed E-state index contributed by atoms with van der Waals surface area (Å²) < 4.78 is 5.56. The lowest BCUT2D eigenvalue weighted by atomic mass is 10.0. The lowest BCUT2D eigenvalue weighted by molar-refractivity contribution is -0.164. The Balaban J connectivity index is 1.69. The minimum Gasteiger partial charge on any atom is -0.478 e. The second kappa shape index (κ2) is 11.5. The number of rotatable bonds is 7. The van der Waals surface area contributed by atoms with Gasteiger partial charge >= 0.3 is 18.0 Å². The number of carbonyl (C=O) groups is 4. The van der Waals surface area contributed by atoms with Gasteiger partial charge in [0.05, 0.1) is 12.6 Å². The van der Waals surface area contributed by atoms with E-state index in [0.717, 1.165) is 11.6 Å². The summed E-state index contributed by atoms with van der Waals surface area (Å²) in [6.07, 6.45) is 3.46. The average Bonchev–Trinajstić information content (AvgIpc) is 3.27. The molecule has 3 N–H and O–H groups in total. The summed E-state index contributed by atoms with van der Waals surface area (Å²) in [5, 5.41) is 14.0. The number of esters is 1. The molecule has 1 aliphatic heterocycles. The average molecular weight is 494 g/mol. The molecule has 1 fully saturated rings. The van der Waals surface area contributed by atoms with Crippen LogP contribution in [-0.2, 0) is 19.1 Å². The number of hydrogen-bond donors (Lipinski definition) is 3. The molecule has 1 heterocycles. The number of hydrogen-bond acceptors (Lipinski definition) is 5. The molecule has 2 aromatic carbocycles. The summed E-state index contributed by atoms with van der Waals surface area (Å²) in [6, 6.07) is 14.4. The molecule has 190 valence electrons. The highest BCUT2D eigenvalue weighted by Gasteiger charge is 2.43. The minimum absolute atomic E-state index is 0.307. The van der Waals surface area contributed by atoms with Crippen molar-refractivity contribution in [3.8, 4) is 0 Å². The number of nitrogens with zero attached hydrogens (tertiary/aromatic N) is 1. The monoisotopic (exact) mass is 493 g/mol. The summed E-state index contributed by atoms with van der Waals surface area (Å²) in [5.41, 5.74) is 1.24. The van der Waals surface area contributed by atoms with E-state index in [4.69, 9.17) is 9.84 Å². The number of carbonyl (C=O) groups excluding carboxylic acids is 3. The molecule has 2 aromatic rings. The number of likely N-dealkylation sites (tertiary alicyclic amines) is 1. The van der Waals surface area contributed by atoms with Crippen LogP contribution < -0.4 is 10.6 Å². The van der Waals surface area contributed by atoms with Crippen molar-refractivity contribution >= 4 is 35.6 Å². The molecule has 9 nitrogen and oxygen atoms in total. The van der Waals surface area contributed by atoms with E-state index in [9.17, 15) is 19.2 Å². The van der Waals surface area contributed by atoms with Gasteiger partial charge in [0.25, 0.3) is 0 Å². The summed E-state index contributed by atoms with van der Waals surface area (Å²) in [4.78, 5) is 50.9. The molecule has 0 bridgehead atoms. The summed E-state index contributed by atoms with van der Waals surface area (Å²) in [7, 11) is 0. The second-order valence-electron chi connectivity index (χ2n) is 9.46. The van der Waals surface area contributed by atoms with Gasteiger partial charge in [0.2, 0.25) is 5.91 Å². The molecule has 9 heteroatoms. The van der Waals surface area contributed by atoms with Gasteiger partial charge in [-0.05, 0) is 62.9 Å². The van der Waals surface area contributed by atoms with Crippen molar-refractivity contribution in [3.63, 3.8) is 0 Å². The highest BCUT2D eigenvalue weighted by molar-refractivity contribution is 5.94. The van der Waals surface area contributed by atoms with Gasteiger partial charge in [0.15, 0.2) is 0 Å². The first-order valence-corrected chi connectivity index (χ1v) is 11.7. The third kappa shape index (κ3) is 7.43. The highest BCUT2D eigenvalue weighted by atomic mass is 16.6. The second-order valence-corrected chi connectivity index (χ2v) is 9.46. The first-order valence-electron chi connectivity index (χ1n) is 11.7. The molecule has 0 radical (unpaired) electrons. The van der Waals surface area contributed by atoms with E-state index in [1.807, 2.05) is 30.3 Å². The molecule has 3 amide bonds. The Bertz CT molecular complexity index is 1140. The number of anilines is 1. The minimum atomic E-state index is -1.08. The van der Waals surface area contributed by atoms with Crippen molar-refractivity contribution in [2.45, 2.75) is 51.3 Å². The van der Waals surface area contributed by atoms with E-state index < -0.39 is 35.5 Å². The van der Waals surface area contributed by atoms with Crippen LogP contribution >= 0.6 is 0 Å². The van der Waals surface area contributed by atoms with Crippen LogP contribution in [0.5, 0.6) is 0 Å². The molecule has 0 aromatic heterocycles. The molecule has 2 atom stereocenters. The van der Waals surface area contributed by atoms with Crippen molar-refractivity contribution in [1.82, 2.24) is 10.2 Å². The largest absolute Gasteiger partial charge is 0.478 e. The van der Waals surface area contributed by atoms with Gasteiger partial charge in [-0.3, -0.25) is 4.79 Å². The Morgan fingerprint density at radius 3 is 2.44 bits per heavy atom. The lowest BCUT2D eigenvalue weighted by Crippen LogP contribution is -2.48. The Morgan fingerprint density at radius 2 is 1.78 bits per heavy atom. The van der Waals surface area contributed by atoms with E-state index in [2.05, 4.69) is 10.6 Å². The predicted octanol–water partition coefficient (Wildman–Crippen LogP) is 3.98. The molecule has 36 heavy (non-hydrogen) atoms. The quantitative estimate of drug-likeness (QED) is 0.396. The molecular formula is C27H31N3O6. The number of nitrogens with one attached hydrogen (secondary N) is 2. The fraction of sp³-hybridized carbons (Fsp3) is 0.333. The van der Waals surface area contributed by atoms with Gasteiger partial charge in [-0.25, -0.2) is 14.4 Å². The van der Waals surface area contributed by atoms with E-state index in [1.54, 1.807) is 45.0 Å². The molecule has 0 saturated carbocycles. The molecule has 3 rings (SSSR count). The van der Waals surface area contributed by atoms with E-state index in [0.29, 0.717) is 24.1 Å². The fourth-order valence-corrected chi connectivity index (χ4v) is 4.07. The van der Waals surface area contributed by atoms with Gasteiger partial charge in [0.1, 0.15) is 11.6 Å². The van der Waals surface area contributed by atoms with Crippen LogP contribution in [0.15, 0.2) is 60.7 Å². The zero-order valence-electron chi connectivity index (χ0n) is 20.6. The Morgan fingerprint density at radius 1 is 1.06 bits per heavy atom. The first-order chi connectivity index (χ1) is 17.0. The molecular weight excluding hydrogens is 462 g/mol.